The van der Waals surface area contributed by atoms with Crippen LogP contribution in [0.3, 0.4) is 0 Å². The van der Waals surface area contributed by atoms with Crippen molar-refractivity contribution >= 4 is 11.0 Å². The van der Waals surface area contributed by atoms with Gasteiger partial charge < -0.3 is 9.30 Å². The molecule has 0 aliphatic heterocycles. The van der Waals surface area contributed by atoms with Crippen LogP contribution in [0.5, 0.6) is 5.75 Å². The summed E-state index contributed by atoms with van der Waals surface area (Å²) in [5.41, 5.74) is 3.48. The topological polar surface area (TPSA) is 72.8 Å². The molecule has 6 nitrogen and oxygen atoms in total. The van der Waals surface area contributed by atoms with Gasteiger partial charge in [0.25, 0.3) is 5.56 Å². The van der Waals surface area contributed by atoms with E-state index in [0.29, 0.717) is 12.4 Å². The number of hydrogen-bond donors (Lipinski definition) is 0. The van der Waals surface area contributed by atoms with E-state index >= 15 is 0 Å². The molecule has 1 saturated carbocycles. The smallest absolute Gasteiger partial charge is 0.258 e. The van der Waals surface area contributed by atoms with Crippen molar-refractivity contribution in [3.63, 3.8) is 0 Å². The summed E-state index contributed by atoms with van der Waals surface area (Å²) < 4.78 is 9.38. The summed E-state index contributed by atoms with van der Waals surface area (Å²) in [5, 5.41) is 9.12. The van der Waals surface area contributed by atoms with E-state index in [4.69, 9.17) is 15.0 Å². The van der Waals surface area contributed by atoms with Crippen LogP contribution >= 0.6 is 0 Å². The summed E-state index contributed by atoms with van der Waals surface area (Å²) in [6, 6.07) is 21.2. The first kappa shape index (κ1) is 18.2. The maximum absolute atomic E-state index is 12.7. The van der Waals surface area contributed by atoms with Gasteiger partial charge in [0, 0.05) is 25.2 Å². The van der Waals surface area contributed by atoms with Crippen LogP contribution in [0, 0.1) is 17.2 Å². The lowest BCUT2D eigenvalue weighted by molar-refractivity contribution is 0.305. The van der Waals surface area contributed by atoms with E-state index in [2.05, 4.69) is 6.07 Å². The van der Waals surface area contributed by atoms with Crippen LogP contribution in [-0.2, 0) is 13.7 Å². The number of benzene rings is 2. The lowest BCUT2D eigenvalue weighted by Gasteiger charge is -2.09. The van der Waals surface area contributed by atoms with Crippen molar-refractivity contribution in [3.8, 4) is 17.5 Å². The molecule has 30 heavy (non-hydrogen) atoms. The minimum atomic E-state index is -0.158. The third-order valence-corrected chi connectivity index (χ3v) is 5.60. The fourth-order valence-corrected chi connectivity index (χ4v) is 3.81. The Morgan fingerprint density at radius 3 is 2.73 bits per heavy atom. The molecular formula is C24H20N4O2. The monoisotopic (exact) mass is 396 g/mol. The minimum Gasteiger partial charge on any atom is -0.489 e. The van der Waals surface area contributed by atoms with Gasteiger partial charge in [-0.1, -0.05) is 30.3 Å². The Balaban J connectivity index is 1.41. The Bertz CT molecular complexity index is 1330. The van der Waals surface area contributed by atoms with E-state index in [9.17, 15) is 4.79 Å². The molecule has 1 fully saturated rings. The molecule has 1 aliphatic carbocycles. The van der Waals surface area contributed by atoms with Crippen LogP contribution in [0.2, 0.25) is 0 Å². The zero-order valence-corrected chi connectivity index (χ0v) is 16.5. The number of ether oxygens (including phenoxy) is 1. The standard InChI is InChI=1S/C24H20N4O2/c1-27-22-12-18(7-8-21(22)26-24(27)20-11-17(20)14-25)28-10-9-19(13-23(28)29)30-15-16-5-3-2-4-6-16/h2-10,12-13,17,20H,11,15H2,1H3. The third kappa shape index (κ3) is 3.25. The first-order valence-corrected chi connectivity index (χ1v) is 9.90. The Morgan fingerprint density at radius 1 is 1.17 bits per heavy atom. The summed E-state index contributed by atoms with van der Waals surface area (Å²) in [6.07, 6.45) is 2.60. The van der Waals surface area contributed by atoms with Crippen LogP contribution in [0.4, 0.5) is 0 Å². The van der Waals surface area contributed by atoms with Gasteiger partial charge in [-0.25, -0.2) is 4.98 Å². The van der Waals surface area contributed by atoms with Crippen molar-refractivity contribution in [2.24, 2.45) is 13.0 Å². The van der Waals surface area contributed by atoms with Crippen LogP contribution < -0.4 is 10.3 Å². The fraction of sp³-hybridized carbons (Fsp3) is 0.208. The van der Waals surface area contributed by atoms with Crippen molar-refractivity contribution in [2.75, 3.05) is 0 Å². The lowest BCUT2D eigenvalue weighted by atomic mass is 10.2. The molecule has 5 rings (SSSR count). The molecule has 2 atom stereocenters. The maximum atomic E-state index is 12.7. The molecule has 0 spiro atoms. The van der Waals surface area contributed by atoms with Crippen molar-refractivity contribution in [2.45, 2.75) is 18.9 Å². The molecule has 2 unspecified atom stereocenters. The molecule has 2 aromatic carbocycles. The molecule has 0 bridgehead atoms. The molecule has 0 radical (unpaired) electrons. The molecule has 148 valence electrons. The van der Waals surface area contributed by atoms with E-state index in [0.717, 1.165) is 34.5 Å². The van der Waals surface area contributed by atoms with Crippen LogP contribution in [-0.4, -0.2) is 14.1 Å². The second-order valence-electron chi connectivity index (χ2n) is 7.62. The molecule has 0 N–H and O–H groups in total. The Kier molecular flexibility index (Phi) is 4.36. The maximum Gasteiger partial charge on any atom is 0.258 e. The van der Waals surface area contributed by atoms with E-state index in [-0.39, 0.29) is 17.4 Å². The number of nitriles is 1. The average Bonchev–Trinajstić information content (AvgIpc) is 3.49. The summed E-state index contributed by atoms with van der Waals surface area (Å²) in [6.45, 7) is 0.416. The summed E-state index contributed by atoms with van der Waals surface area (Å²) in [7, 11) is 1.96. The zero-order chi connectivity index (χ0) is 20.7. The number of imidazole rings is 1. The molecule has 6 heteroatoms. The van der Waals surface area contributed by atoms with Crippen molar-refractivity contribution in [1.29, 1.82) is 5.26 Å². The number of pyridine rings is 1. The predicted molar refractivity (Wildman–Crippen MR) is 114 cm³/mol. The Morgan fingerprint density at radius 2 is 2.00 bits per heavy atom. The molecule has 2 aromatic heterocycles. The lowest BCUT2D eigenvalue weighted by Crippen LogP contribution is -2.16. The second-order valence-corrected chi connectivity index (χ2v) is 7.62. The number of rotatable bonds is 5. The van der Waals surface area contributed by atoms with Gasteiger partial charge in [0.05, 0.1) is 28.7 Å². The number of fused-ring (bicyclic) bond motifs is 1. The van der Waals surface area contributed by atoms with E-state index in [1.165, 1.54) is 6.07 Å². The number of hydrogen-bond acceptors (Lipinski definition) is 4. The zero-order valence-electron chi connectivity index (χ0n) is 16.5. The van der Waals surface area contributed by atoms with Crippen LogP contribution in [0.15, 0.2) is 71.7 Å². The summed E-state index contributed by atoms with van der Waals surface area (Å²) in [4.78, 5) is 17.4. The second kappa shape index (κ2) is 7.20. The van der Waals surface area contributed by atoms with Crippen LogP contribution in [0.1, 0.15) is 23.7 Å². The highest BCUT2D eigenvalue weighted by molar-refractivity contribution is 5.78. The Hall–Kier alpha value is -3.85. The largest absolute Gasteiger partial charge is 0.489 e. The first-order valence-electron chi connectivity index (χ1n) is 9.90. The molecule has 0 amide bonds. The molecular weight excluding hydrogens is 376 g/mol. The SMILES string of the molecule is Cn1c(C2CC2C#N)nc2ccc(-n3ccc(OCc4ccccc4)cc3=O)cc21. The van der Waals surface area contributed by atoms with Crippen molar-refractivity contribution < 1.29 is 4.74 Å². The number of aryl methyl sites for hydroxylation is 1. The van der Waals surface area contributed by atoms with E-state index < -0.39 is 0 Å². The van der Waals surface area contributed by atoms with Crippen molar-refractivity contribution in [3.05, 3.63) is 88.6 Å². The van der Waals surface area contributed by atoms with E-state index in [1.54, 1.807) is 16.8 Å². The molecule has 1 aliphatic rings. The van der Waals surface area contributed by atoms with Gasteiger partial charge in [0.2, 0.25) is 0 Å². The highest BCUT2D eigenvalue weighted by Crippen LogP contribution is 2.46. The molecule has 0 saturated heterocycles. The van der Waals surface area contributed by atoms with Gasteiger partial charge in [-0.2, -0.15) is 5.26 Å². The summed E-state index contributed by atoms with van der Waals surface area (Å²) >= 11 is 0. The molecule has 2 heterocycles. The highest BCUT2D eigenvalue weighted by atomic mass is 16.5. The van der Waals surface area contributed by atoms with E-state index in [1.807, 2.05) is 60.1 Å². The highest BCUT2D eigenvalue weighted by Gasteiger charge is 2.41. The number of nitrogens with zero attached hydrogens (tertiary/aromatic N) is 4. The quantitative estimate of drug-likeness (QED) is 0.512. The van der Waals surface area contributed by atoms with Crippen molar-refractivity contribution in [1.82, 2.24) is 14.1 Å². The van der Waals surface area contributed by atoms with Gasteiger partial charge in [-0.15, -0.1) is 0 Å². The summed E-state index contributed by atoms with van der Waals surface area (Å²) in [5.74, 6) is 1.75. The van der Waals surface area contributed by atoms with Gasteiger partial charge in [0.1, 0.15) is 18.2 Å². The van der Waals surface area contributed by atoms with Crippen LogP contribution in [0.25, 0.3) is 16.7 Å². The normalized spacial score (nSPS) is 17.6. The van der Waals surface area contributed by atoms with Gasteiger partial charge in [-0.3, -0.25) is 9.36 Å². The fourth-order valence-electron chi connectivity index (χ4n) is 3.81. The van der Waals surface area contributed by atoms with Gasteiger partial charge >= 0.3 is 0 Å². The van der Waals surface area contributed by atoms with Gasteiger partial charge in [-0.05, 0) is 36.2 Å². The van der Waals surface area contributed by atoms with Gasteiger partial charge in [0.15, 0.2) is 0 Å². The molecule has 4 aromatic rings. The Labute approximate surface area is 173 Å². The first-order chi connectivity index (χ1) is 14.6. The average molecular weight is 396 g/mol. The number of aromatic nitrogens is 3. The third-order valence-electron chi connectivity index (χ3n) is 5.60. The minimum absolute atomic E-state index is 0.0611. The predicted octanol–water partition coefficient (Wildman–Crippen LogP) is 3.93.